The van der Waals surface area contributed by atoms with Gasteiger partial charge in [-0.3, -0.25) is 0 Å². The topological polar surface area (TPSA) is 57.5 Å². The number of carbonyl (C=O) groups excluding carboxylic acids is 1. The molecule has 1 rings (SSSR count). The number of benzene rings is 1. The Morgan fingerprint density at radius 1 is 1.04 bits per heavy atom. The van der Waals surface area contributed by atoms with E-state index in [1.165, 1.54) is 0 Å². The molecule has 0 spiro atoms. The van der Waals surface area contributed by atoms with Crippen LogP contribution in [0.5, 0.6) is 0 Å². The number of rotatable bonds is 8. The van der Waals surface area contributed by atoms with Gasteiger partial charge in [0, 0.05) is 17.5 Å². The van der Waals surface area contributed by atoms with Gasteiger partial charge in [-0.1, -0.05) is 64.0 Å². The van der Waals surface area contributed by atoms with E-state index in [4.69, 9.17) is 0 Å². The molecule has 1 aromatic rings. The maximum atomic E-state index is 11.6. The predicted octanol–water partition coefficient (Wildman–Crippen LogP) is 3.76. The first-order valence-electron chi connectivity index (χ1n) is 8.47. The summed E-state index contributed by atoms with van der Waals surface area (Å²) < 4.78 is 0. The summed E-state index contributed by atoms with van der Waals surface area (Å²) in [5, 5.41) is 20.2. The minimum atomic E-state index is -1.83. The van der Waals surface area contributed by atoms with Crippen molar-refractivity contribution in [2.45, 2.75) is 65.1 Å². The van der Waals surface area contributed by atoms with Crippen LogP contribution in [0.15, 0.2) is 24.3 Å². The van der Waals surface area contributed by atoms with Gasteiger partial charge in [0.05, 0.1) is 5.41 Å². The van der Waals surface area contributed by atoms with Crippen molar-refractivity contribution in [1.29, 1.82) is 0 Å². The first-order chi connectivity index (χ1) is 10.9. The molecular weight excluding hydrogens is 288 g/mol. The van der Waals surface area contributed by atoms with Crippen molar-refractivity contribution in [3.8, 4) is 11.8 Å². The molecule has 3 heteroatoms. The number of hydrogen-bond donors (Lipinski definition) is 2. The highest BCUT2D eigenvalue weighted by Gasteiger charge is 2.26. The first-order valence-corrected chi connectivity index (χ1v) is 8.47. The van der Waals surface area contributed by atoms with Gasteiger partial charge in [0.25, 0.3) is 0 Å². The summed E-state index contributed by atoms with van der Waals surface area (Å²) in [4.78, 5) is 11.6. The van der Waals surface area contributed by atoms with Crippen molar-refractivity contribution in [3.63, 3.8) is 0 Å². The molecule has 0 atom stereocenters. The molecule has 0 heterocycles. The molecule has 0 aromatic heterocycles. The smallest absolute Gasteiger partial charge is 0.189 e. The van der Waals surface area contributed by atoms with Crippen molar-refractivity contribution in [1.82, 2.24) is 0 Å². The number of hydrogen-bond acceptors (Lipinski definition) is 3. The molecule has 0 bridgehead atoms. The average Bonchev–Trinajstić information content (AvgIpc) is 2.53. The SMILES string of the molecule is CCCC(C#Cc1cccc(C(O)(O)CCC)c1)(C=O)CCC. The molecule has 0 radical (unpaired) electrons. The highest BCUT2D eigenvalue weighted by atomic mass is 16.5. The lowest BCUT2D eigenvalue weighted by atomic mass is 9.81. The van der Waals surface area contributed by atoms with Crippen LogP contribution in [-0.2, 0) is 10.6 Å². The van der Waals surface area contributed by atoms with Crippen LogP contribution >= 0.6 is 0 Å². The lowest BCUT2D eigenvalue weighted by Crippen LogP contribution is -2.24. The first kappa shape index (κ1) is 19.4. The third-order valence-electron chi connectivity index (χ3n) is 4.00. The van der Waals surface area contributed by atoms with E-state index in [0.717, 1.165) is 32.0 Å². The molecule has 0 fully saturated rings. The van der Waals surface area contributed by atoms with E-state index >= 15 is 0 Å². The average molecular weight is 316 g/mol. The Hall–Kier alpha value is -1.63. The Morgan fingerprint density at radius 3 is 2.17 bits per heavy atom. The second-order valence-corrected chi connectivity index (χ2v) is 6.17. The maximum absolute atomic E-state index is 11.6. The number of carbonyl (C=O) groups is 1. The minimum absolute atomic E-state index is 0.272. The van der Waals surface area contributed by atoms with Gasteiger partial charge in [-0.25, -0.2) is 0 Å². The fourth-order valence-corrected chi connectivity index (χ4v) is 2.83. The molecule has 126 valence electrons. The van der Waals surface area contributed by atoms with E-state index in [1.807, 2.05) is 26.8 Å². The Kier molecular flexibility index (Phi) is 7.48. The molecule has 0 unspecified atom stereocenters. The number of aldehydes is 1. The molecule has 0 aliphatic rings. The van der Waals surface area contributed by atoms with Gasteiger partial charge in [-0.2, -0.15) is 0 Å². The van der Waals surface area contributed by atoms with Crippen LogP contribution in [0.3, 0.4) is 0 Å². The Labute approximate surface area is 139 Å². The van der Waals surface area contributed by atoms with Crippen molar-refractivity contribution in [2.75, 3.05) is 0 Å². The zero-order valence-corrected chi connectivity index (χ0v) is 14.4. The van der Waals surface area contributed by atoms with Crippen LogP contribution in [0.1, 0.15) is 70.4 Å². The highest BCUT2D eigenvalue weighted by Crippen LogP contribution is 2.27. The summed E-state index contributed by atoms with van der Waals surface area (Å²) in [6.45, 7) is 6.00. The minimum Gasteiger partial charge on any atom is -0.362 e. The molecule has 0 saturated heterocycles. The summed E-state index contributed by atoms with van der Waals surface area (Å²) in [5.74, 6) is 4.36. The molecule has 3 nitrogen and oxygen atoms in total. The molecule has 0 saturated carbocycles. The van der Waals surface area contributed by atoms with E-state index in [1.54, 1.807) is 18.2 Å². The standard InChI is InChI=1S/C20H28O3/c1-4-11-19(16-21,12-5-2)14-10-17-8-7-9-18(15-17)20(22,23)13-6-3/h7-9,15-16,22-23H,4-6,11-13H2,1-3H3. The predicted molar refractivity (Wildman–Crippen MR) is 92.7 cm³/mol. The van der Waals surface area contributed by atoms with Crippen LogP contribution in [0.4, 0.5) is 0 Å². The van der Waals surface area contributed by atoms with Gasteiger partial charge in [0.1, 0.15) is 6.29 Å². The van der Waals surface area contributed by atoms with Crippen molar-refractivity contribution in [3.05, 3.63) is 35.4 Å². The molecule has 0 amide bonds. The lowest BCUT2D eigenvalue weighted by Gasteiger charge is -2.22. The number of aliphatic hydroxyl groups is 2. The van der Waals surface area contributed by atoms with E-state index in [-0.39, 0.29) is 6.42 Å². The van der Waals surface area contributed by atoms with E-state index in [9.17, 15) is 15.0 Å². The van der Waals surface area contributed by atoms with Crippen LogP contribution in [0.2, 0.25) is 0 Å². The Balaban J connectivity index is 3.12. The van der Waals surface area contributed by atoms with E-state index < -0.39 is 11.2 Å². The molecule has 1 aromatic carbocycles. The van der Waals surface area contributed by atoms with Gasteiger partial charge >= 0.3 is 0 Å². The highest BCUT2D eigenvalue weighted by molar-refractivity contribution is 5.65. The Bertz CT molecular complexity index is 558. The third kappa shape index (κ3) is 5.49. The van der Waals surface area contributed by atoms with Crippen molar-refractivity contribution < 1.29 is 15.0 Å². The van der Waals surface area contributed by atoms with Crippen LogP contribution in [0, 0.1) is 17.3 Å². The summed E-state index contributed by atoms with van der Waals surface area (Å²) in [7, 11) is 0. The van der Waals surface area contributed by atoms with Gasteiger partial charge in [-0.15, -0.1) is 0 Å². The molecule has 23 heavy (non-hydrogen) atoms. The molecule has 0 aliphatic heterocycles. The molecule has 2 N–H and O–H groups in total. The van der Waals surface area contributed by atoms with Gasteiger partial charge < -0.3 is 15.0 Å². The van der Waals surface area contributed by atoms with Crippen LogP contribution in [-0.4, -0.2) is 16.5 Å². The summed E-state index contributed by atoms with van der Waals surface area (Å²) >= 11 is 0. The molecule has 0 aliphatic carbocycles. The van der Waals surface area contributed by atoms with Gasteiger partial charge in [0.15, 0.2) is 5.79 Å². The van der Waals surface area contributed by atoms with Crippen LogP contribution in [0.25, 0.3) is 0 Å². The van der Waals surface area contributed by atoms with E-state index in [2.05, 4.69) is 11.8 Å². The lowest BCUT2D eigenvalue weighted by molar-refractivity contribution is -0.174. The van der Waals surface area contributed by atoms with E-state index in [0.29, 0.717) is 17.5 Å². The zero-order valence-electron chi connectivity index (χ0n) is 14.4. The quantitative estimate of drug-likeness (QED) is 0.436. The van der Waals surface area contributed by atoms with Crippen molar-refractivity contribution in [2.24, 2.45) is 5.41 Å². The second kappa shape index (κ2) is 8.86. The van der Waals surface area contributed by atoms with Crippen molar-refractivity contribution >= 4 is 6.29 Å². The fraction of sp³-hybridized carbons (Fsp3) is 0.550. The fourth-order valence-electron chi connectivity index (χ4n) is 2.83. The largest absolute Gasteiger partial charge is 0.362 e. The third-order valence-corrected chi connectivity index (χ3v) is 4.00. The maximum Gasteiger partial charge on any atom is 0.189 e. The Morgan fingerprint density at radius 2 is 1.65 bits per heavy atom. The summed E-state index contributed by atoms with van der Waals surface area (Å²) in [6, 6.07) is 6.96. The van der Waals surface area contributed by atoms with Gasteiger partial charge in [0.2, 0.25) is 0 Å². The zero-order chi connectivity index (χ0) is 17.3. The van der Waals surface area contributed by atoms with Crippen LogP contribution < -0.4 is 0 Å². The second-order valence-electron chi connectivity index (χ2n) is 6.17. The van der Waals surface area contributed by atoms with Gasteiger partial charge in [-0.05, 0) is 25.0 Å². The normalized spacial score (nSPS) is 11.7. The monoisotopic (exact) mass is 316 g/mol. The summed E-state index contributed by atoms with van der Waals surface area (Å²) in [6.07, 6.45) is 5.21. The molecular formula is C20H28O3. The summed E-state index contributed by atoms with van der Waals surface area (Å²) in [5.41, 5.74) is 0.539.